The summed E-state index contributed by atoms with van der Waals surface area (Å²) in [6.45, 7) is 0.531. The van der Waals surface area contributed by atoms with Crippen molar-refractivity contribution in [1.29, 1.82) is 0 Å². The van der Waals surface area contributed by atoms with Gasteiger partial charge in [0.2, 0.25) is 10.0 Å². The SMILES string of the molecule is O=S(=O)(NCC1CCC(Br)CC1)c1ccccc1Br. The number of alkyl halides is 1. The Labute approximate surface area is 131 Å². The van der Waals surface area contributed by atoms with Crippen molar-refractivity contribution in [2.45, 2.75) is 35.4 Å². The molecule has 0 aliphatic heterocycles. The zero-order valence-electron chi connectivity index (χ0n) is 10.5. The summed E-state index contributed by atoms with van der Waals surface area (Å²) < 4.78 is 27.8. The van der Waals surface area contributed by atoms with Crippen LogP contribution in [0.3, 0.4) is 0 Å². The van der Waals surface area contributed by atoms with Gasteiger partial charge in [-0.2, -0.15) is 0 Å². The van der Waals surface area contributed by atoms with Crippen molar-refractivity contribution < 1.29 is 8.42 Å². The largest absolute Gasteiger partial charge is 0.241 e. The van der Waals surface area contributed by atoms with E-state index in [0.29, 0.717) is 26.7 Å². The molecular weight excluding hydrogens is 394 g/mol. The van der Waals surface area contributed by atoms with E-state index in [2.05, 4.69) is 36.6 Å². The molecule has 0 radical (unpaired) electrons. The van der Waals surface area contributed by atoms with Crippen LogP contribution in [0.25, 0.3) is 0 Å². The molecule has 0 heterocycles. The minimum atomic E-state index is -3.41. The van der Waals surface area contributed by atoms with Crippen molar-refractivity contribution in [3.63, 3.8) is 0 Å². The van der Waals surface area contributed by atoms with Crippen LogP contribution < -0.4 is 4.72 Å². The summed E-state index contributed by atoms with van der Waals surface area (Å²) in [5.41, 5.74) is 0. The Balaban J connectivity index is 1.97. The van der Waals surface area contributed by atoms with Gasteiger partial charge in [0.1, 0.15) is 0 Å². The molecule has 19 heavy (non-hydrogen) atoms. The van der Waals surface area contributed by atoms with Crippen LogP contribution in [0.1, 0.15) is 25.7 Å². The summed E-state index contributed by atoms with van der Waals surface area (Å²) >= 11 is 6.89. The van der Waals surface area contributed by atoms with Gasteiger partial charge in [0, 0.05) is 15.8 Å². The molecule has 1 N–H and O–H groups in total. The third kappa shape index (κ3) is 4.28. The Kier molecular flexibility index (Phi) is 5.45. The van der Waals surface area contributed by atoms with Crippen molar-refractivity contribution in [3.05, 3.63) is 28.7 Å². The molecule has 106 valence electrons. The minimum absolute atomic E-state index is 0.309. The summed E-state index contributed by atoms with van der Waals surface area (Å²) in [6, 6.07) is 6.89. The number of halogens is 2. The van der Waals surface area contributed by atoms with Crippen LogP contribution in [0, 0.1) is 5.92 Å². The highest BCUT2D eigenvalue weighted by atomic mass is 79.9. The molecule has 1 saturated carbocycles. The Morgan fingerprint density at radius 3 is 2.42 bits per heavy atom. The van der Waals surface area contributed by atoms with E-state index in [4.69, 9.17) is 0 Å². The number of nitrogens with one attached hydrogen (secondary N) is 1. The zero-order valence-corrected chi connectivity index (χ0v) is 14.5. The van der Waals surface area contributed by atoms with E-state index in [1.807, 2.05) is 0 Å². The second-order valence-electron chi connectivity index (χ2n) is 4.90. The molecule has 0 bridgehead atoms. The fourth-order valence-corrected chi connectivity index (χ4v) is 4.94. The normalized spacial score (nSPS) is 24.3. The first-order chi connectivity index (χ1) is 8.99. The van der Waals surface area contributed by atoms with E-state index in [9.17, 15) is 8.42 Å². The lowest BCUT2D eigenvalue weighted by atomic mass is 9.89. The summed E-state index contributed by atoms with van der Waals surface area (Å²) in [5, 5.41) is 0. The van der Waals surface area contributed by atoms with Crippen LogP contribution in [0.15, 0.2) is 33.6 Å². The molecule has 2 rings (SSSR count). The van der Waals surface area contributed by atoms with Gasteiger partial charge in [0.25, 0.3) is 0 Å². The lowest BCUT2D eigenvalue weighted by molar-refractivity contribution is 0.366. The number of sulfonamides is 1. The van der Waals surface area contributed by atoms with Crippen LogP contribution >= 0.6 is 31.9 Å². The van der Waals surface area contributed by atoms with Crippen LogP contribution in [0.5, 0.6) is 0 Å². The number of rotatable bonds is 4. The van der Waals surface area contributed by atoms with E-state index in [1.54, 1.807) is 24.3 Å². The van der Waals surface area contributed by atoms with Crippen molar-refractivity contribution in [1.82, 2.24) is 4.72 Å². The molecule has 6 heteroatoms. The van der Waals surface area contributed by atoms with E-state index in [-0.39, 0.29) is 0 Å². The van der Waals surface area contributed by atoms with Gasteiger partial charge in [-0.25, -0.2) is 13.1 Å². The molecular formula is C13H17Br2NO2S. The van der Waals surface area contributed by atoms with Gasteiger partial charge >= 0.3 is 0 Å². The fourth-order valence-electron chi connectivity index (χ4n) is 2.29. The number of benzene rings is 1. The minimum Gasteiger partial charge on any atom is -0.211 e. The van der Waals surface area contributed by atoms with Gasteiger partial charge in [-0.3, -0.25) is 0 Å². The van der Waals surface area contributed by atoms with Crippen LogP contribution in [0.2, 0.25) is 0 Å². The molecule has 3 nitrogen and oxygen atoms in total. The summed E-state index contributed by atoms with van der Waals surface area (Å²) in [5.74, 6) is 0.450. The van der Waals surface area contributed by atoms with Crippen molar-refractivity contribution in [2.75, 3.05) is 6.54 Å². The first kappa shape index (κ1) is 15.5. The second kappa shape index (κ2) is 6.70. The van der Waals surface area contributed by atoms with Crippen LogP contribution in [-0.2, 0) is 10.0 Å². The fraction of sp³-hybridized carbons (Fsp3) is 0.538. The topological polar surface area (TPSA) is 46.2 Å². The first-order valence-corrected chi connectivity index (χ1v) is 9.56. The first-order valence-electron chi connectivity index (χ1n) is 6.37. The molecule has 1 aliphatic rings. The van der Waals surface area contributed by atoms with Gasteiger partial charge in [0.05, 0.1) is 4.90 Å². The Bertz CT molecular complexity index is 525. The molecule has 0 aromatic heterocycles. The lowest BCUT2D eigenvalue weighted by Crippen LogP contribution is -2.31. The van der Waals surface area contributed by atoms with Crippen LogP contribution in [-0.4, -0.2) is 19.8 Å². The van der Waals surface area contributed by atoms with Gasteiger partial charge in [0.15, 0.2) is 0 Å². The predicted octanol–water partition coefficient (Wildman–Crippen LogP) is 3.68. The smallest absolute Gasteiger partial charge is 0.211 e. The highest BCUT2D eigenvalue weighted by Crippen LogP contribution is 2.28. The molecule has 0 atom stereocenters. The summed E-state index contributed by atoms with van der Waals surface area (Å²) in [7, 11) is -3.41. The third-order valence-electron chi connectivity index (χ3n) is 3.46. The Morgan fingerprint density at radius 1 is 1.16 bits per heavy atom. The van der Waals surface area contributed by atoms with E-state index >= 15 is 0 Å². The molecule has 1 aromatic rings. The van der Waals surface area contributed by atoms with Gasteiger partial charge in [-0.15, -0.1) is 0 Å². The molecule has 1 fully saturated rings. The van der Waals surface area contributed by atoms with Crippen molar-refractivity contribution in [3.8, 4) is 0 Å². The maximum atomic E-state index is 12.2. The molecule has 0 saturated heterocycles. The maximum Gasteiger partial charge on any atom is 0.241 e. The third-order valence-corrected chi connectivity index (χ3v) is 6.82. The standard InChI is InChI=1S/C13H17Br2NO2S/c14-11-7-5-10(6-8-11)9-16-19(17,18)13-4-2-1-3-12(13)15/h1-4,10-11,16H,5-9H2. The quantitative estimate of drug-likeness (QED) is 0.769. The number of hydrogen-bond acceptors (Lipinski definition) is 2. The van der Waals surface area contributed by atoms with Gasteiger partial charge in [-0.1, -0.05) is 28.1 Å². The molecule has 1 aromatic carbocycles. The maximum absolute atomic E-state index is 12.2. The molecule has 1 aliphatic carbocycles. The van der Waals surface area contributed by atoms with Crippen molar-refractivity contribution >= 4 is 41.9 Å². The van der Waals surface area contributed by atoms with Gasteiger partial charge < -0.3 is 0 Å². The summed E-state index contributed by atoms with van der Waals surface area (Å²) in [4.78, 5) is 0.910. The Morgan fingerprint density at radius 2 is 1.79 bits per heavy atom. The molecule has 0 unspecified atom stereocenters. The average Bonchev–Trinajstić information content (AvgIpc) is 2.38. The van der Waals surface area contributed by atoms with Gasteiger partial charge in [-0.05, 0) is 59.7 Å². The van der Waals surface area contributed by atoms with E-state index in [1.165, 1.54) is 0 Å². The highest BCUT2D eigenvalue weighted by molar-refractivity contribution is 9.10. The van der Waals surface area contributed by atoms with Crippen molar-refractivity contribution in [2.24, 2.45) is 5.92 Å². The summed E-state index contributed by atoms with van der Waals surface area (Å²) in [6.07, 6.45) is 4.41. The number of hydrogen-bond donors (Lipinski definition) is 1. The van der Waals surface area contributed by atoms with E-state index < -0.39 is 10.0 Å². The predicted molar refractivity (Wildman–Crippen MR) is 84.0 cm³/mol. The monoisotopic (exact) mass is 409 g/mol. The van der Waals surface area contributed by atoms with E-state index in [0.717, 1.165) is 25.7 Å². The Hall–Kier alpha value is 0.0900. The average molecular weight is 411 g/mol. The molecule has 0 amide bonds. The highest BCUT2D eigenvalue weighted by Gasteiger charge is 2.22. The zero-order chi connectivity index (χ0) is 13.9. The molecule has 0 spiro atoms. The van der Waals surface area contributed by atoms with Crippen LogP contribution in [0.4, 0.5) is 0 Å². The second-order valence-corrected chi connectivity index (χ2v) is 8.79. The lowest BCUT2D eigenvalue weighted by Gasteiger charge is -2.25.